The molecular weight excluding hydrogens is 526 g/mol. The highest BCUT2D eigenvalue weighted by Gasteiger charge is 2.08. The van der Waals surface area contributed by atoms with Crippen molar-refractivity contribution in [3.8, 4) is 0 Å². The first-order valence-electron chi connectivity index (χ1n) is 13.8. The molecule has 204 valence electrons. The van der Waals surface area contributed by atoms with Crippen LogP contribution >= 0.6 is 0 Å². The molecule has 0 atom stereocenters. The summed E-state index contributed by atoms with van der Waals surface area (Å²) in [6, 6.07) is 30.5. The molecule has 8 rings (SSSR count). The molecule has 0 spiro atoms. The number of hydrogen-bond donors (Lipinski definition) is 2. The molecular formula is C36H26F2N4. The SMILES string of the molecule is Fc1ccc2c(c1)[nH]c1cc(Cc3cccnc3)ccc12.Fc1ccc2c(c1)[nH]c1cc(Cc3ccncc3)ccc12. The lowest BCUT2D eigenvalue weighted by atomic mass is 10.0. The first-order valence-corrected chi connectivity index (χ1v) is 13.8. The molecule has 8 aromatic rings. The fourth-order valence-electron chi connectivity index (χ4n) is 5.55. The molecule has 0 saturated heterocycles. The van der Waals surface area contributed by atoms with Gasteiger partial charge in [-0.1, -0.05) is 30.3 Å². The Balaban J connectivity index is 0.000000137. The number of nitrogens with zero attached hydrogens (tertiary/aromatic N) is 2. The Morgan fingerprint density at radius 2 is 0.952 bits per heavy atom. The van der Waals surface area contributed by atoms with Crippen LogP contribution < -0.4 is 0 Å². The summed E-state index contributed by atoms with van der Waals surface area (Å²) >= 11 is 0. The summed E-state index contributed by atoms with van der Waals surface area (Å²) in [6.45, 7) is 0. The average molecular weight is 553 g/mol. The van der Waals surface area contributed by atoms with E-state index in [1.54, 1.807) is 18.6 Å². The minimum absolute atomic E-state index is 0.217. The fourth-order valence-corrected chi connectivity index (χ4v) is 5.55. The number of halogens is 2. The Hall–Kier alpha value is -5.36. The molecule has 4 aromatic carbocycles. The van der Waals surface area contributed by atoms with Crippen molar-refractivity contribution in [1.82, 2.24) is 19.9 Å². The van der Waals surface area contributed by atoms with Crippen LogP contribution in [0.25, 0.3) is 43.6 Å². The van der Waals surface area contributed by atoms with Gasteiger partial charge in [0.05, 0.1) is 0 Å². The fraction of sp³-hybridized carbons (Fsp3) is 0.0556. The summed E-state index contributed by atoms with van der Waals surface area (Å²) in [5.41, 5.74) is 8.60. The molecule has 0 bridgehead atoms. The number of H-pyrrole nitrogens is 2. The molecule has 0 saturated carbocycles. The summed E-state index contributed by atoms with van der Waals surface area (Å²) in [7, 11) is 0. The maximum Gasteiger partial charge on any atom is 0.125 e. The van der Waals surface area contributed by atoms with Crippen molar-refractivity contribution in [3.63, 3.8) is 0 Å². The molecule has 0 aliphatic rings. The van der Waals surface area contributed by atoms with Crippen LogP contribution in [-0.2, 0) is 12.8 Å². The molecule has 0 aliphatic heterocycles. The van der Waals surface area contributed by atoms with Gasteiger partial charge in [0.2, 0.25) is 0 Å². The number of fused-ring (bicyclic) bond motifs is 6. The Labute approximate surface area is 240 Å². The number of nitrogens with one attached hydrogen (secondary N) is 2. The topological polar surface area (TPSA) is 57.4 Å². The predicted molar refractivity (Wildman–Crippen MR) is 166 cm³/mol. The number of hydrogen-bond acceptors (Lipinski definition) is 2. The second-order valence-corrected chi connectivity index (χ2v) is 10.5. The van der Waals surface area contributed by atoms with Crippen LogP contribution in [0.1, 0.15) is 22.3 Å². The largest absolute Gasteiger partial charge is 0.354 e. The van der Waals surface area contributed by atoms with E-state index in [1.165, 1.54) is 46.5 Å². The molecule has 42 heavy (non-hydrogen) atoms. The minimum Gasteiger partial charge on any atom is -0.354 e. The number of pyridine rings is 2. The molecule has 0 amide bonds. The van der Waals surface area contributed by atoms with Gasteiger partial charge in [0.1, 0.15) is 11.6 Å². The van der Waals surface area contributed by atoms with Crippen molar-refractivity contribution in [1.29, 1.82) is 0 Å². The third-order valence-electron chi connectivity index (χ3n) is 7.54. The minimum atomic E-state index is -0.218. The van der Waals surface area contributed by atoms with Gasteiger partial charge in [-0.3, -0.25) is 9.97 Å². The highest BCUT2D eigenvalue weighted by molar-refractivity contribution is 6.08. The molecule has 4 aromatic heterocycles. The van der Waals surface area contributed by atoms with Gasteiger partial charge in [0.15, 0.2) is 0 Å². The second-order valence-electron chi connectivity index (χ2n) is 10.5. The number of aromatic amines is 2. The summed E-state index contributed by atoms with van der Waals surface area (Å²) in [5, 5.41) is 4.37. The third-order valence-corrected chi connectivity index (χ3v) is 7.54. The predicted octanol–water partition coefficient (Wildman–Crippen LogP) is 8.89. The Morgan fingerprint density at radius 3 is 1.48 bits per heavy atom. The van der Waals surface area contributed by atoms with Crippen molar-refractivity contribution in [3.05, 3.63) is 156 Å². The van der Waals surface area contributed by atoms with Crippen LogP contribution in [0.4, 0.5) is 8.78 Å². The average Bonchev–Trinajstić information content (AvgIpc) is 3.54. The van der Waals surface area contributed by atoms with Gasteiger partial charge in [0.25, 0.3) is 0 Å². The van der Waals surface area contributed by atoms with Crippen molar-refractivity contribution in [2.45, 2.75) is 12.8 Å². The van der Waals surface area contributed by atoms with Crippen LogP contribution in [0.15, 0.2) is 122 Å². The Morgan fingerprint density at radius 1 is 0.452 bits per heavy atom. The molecule has 4 nitrogen and oxygen atoms in total. The molecule has 0 fully saturated rings. The van der Waals surface area contributed by atoms with Crippen LogP contribution in [0, 0.1) is 11.6 Å². The van der Waals surface area contributed by atoms with Crippen molar-refractivity contribution >= 4 is 43.6 Å². The lowest BCUT2D eigenvalue weighted by Crippen LogP contribution is -1.88. The van der Waals surface area contributed by atoms with Gasteiger partial charge in [-0.25, -0.2) is 8.78 Å². The van der Waals surface area contributed by atoms with Crippen molar-refractivity contribution in [2.75, 3.05) is 0 Å². The number of benzene rings is 4. The smallest absolute Gasteiger partial charge is 0.125 e. The molecule has 0 aliphatic carbocycles. The molecule has 0 unspecified atom stereocenters. The Kier molecular flexibility index (Phi) is 6.64. The first-order chi connectivity index (χ1) is 20.6. The zero-order chi connectivity index (χ0) is 28.5. The van der Waals surface area contributed by atoms with Gasteiger partial charge in [-0.2, -0.15) is 0 Å². The van der Waals surface area contributed by atoms with Crippen LogP contribution in [0.5, 0.6) is 0 Å². The molecule has 6 heteroatoms. The van der Waals surface area contributed by atoms with E-state index in [1.807, 2.05) is 36.5 Å². The van der Waals surface area contributed by atoms with Crippen LogP contribution in [0.2, 0.25) is 0 Å². The highest BCUT2D eigenvalue weighted by Crippen LogP contribution is 2.28. The van der Waals surface area contributed by atoms with E-state index in [9.17, 15) is 8.78 Å². The van der Waals surface area contributed by atoms with E-state index in [2.05, 4.69) is 62.4 Å². The molecule has 4 heterocycles. The van der Waals surface area contributed by atoms with Crippen LogP contribution in [0.3, 0.4) is 0 Å². The maximum atomic E-state index is 13.3. The summed E-state index contributed by atoms with van der Waals surface area (Å²) in [5.74, 6) is -0.435. The maximum absolute atomic E-state index is 13.3. The Bertz CT molecular complexity index is 2010. The zero-order valence-electron chi connectivity index (χ0n) is 22.6. The standard InChI is InChI=1S/2C18H13FN2/c19-14-2-4-16-15-3-1-13(9-12-5-7-20-8-6-12)10-17(15)21-18(16)11-14;19-14-4-6-16-15-5-3-12(8-13-2-1-7-20-11-13)9-17(15)21-18(16)10-14/h1-8,10-11,21H,9H2;1-7,9-11,21H,8H2. The normalized spacial score (nSPS) is 11.3. The third kappa shape index (κ3) is 5.22. The van der Waals surface area contributed by atoms with E-state index in [0.717, 1.165) is 56.5 Å². The lowest BCUT2D eigenvalue weighted by Gasteiger charge is -2.02. The second kappa shape index (κ2) is 10.9. The lowest BCUT2D eigenvalue weighted by molar-refractivity contribution is 0.629. The quantitative estimate of drug-likeness (QED) is 0.229. The highest BCUT2D eigenvalue weighted by atomic mass is 19.1. The van der Waals surface area contributed by atoms with E-state index in [4.69, 9.17) is 0 Å². The van der Waals surface area contributed by atoms with E-state index in [0.29, 0.717) is 0 Å². The zero-order valence-corrected chi connectivity index (χ0v) is 22.6. The van der Waals surface area contributed by atoms with Gasteiger partial charge in [0, 0.05) is 68.4 Å². The number of rotatable bonds is 4. The van der Waals surface area contributed by atoms with E-state index in [-0.39, 0.29) is 11.6 Å². The van der Waals surface area contributed by atoms with Crippen LogP contribution in [-0.4, -0.2) is 19.9 Å². The summed E-state index contributed by atoms with van der Waals surface area (Å²) < 4.78 is 26.6. The molecule has 0 radical (unpaired) electrons. The van der Waals surface area contributed by atoms with Crippen molar-refractivity contribution < 1.29 is 8.78 Å². The summed E-state index contributed by atoms with van der Waals surface area (Å²) in [4.78, 5) is 14.8. The van der Waals surface area contributed by atoms with Gasteiger partial charge in [-0.15, -0.1) is 0 Å². The van der Waals surface area contributed by atoms with E-state index >= 15 is 0 Å². The van der Waals surface area contributed by atoms with E-state index < -0.39 is 0 Å². The van der Waals surface area contributed by atoms with Crippen molar-refractivity contribution in [2.24, 2.45) is 0 Å². The van der Waals surface area contributed by atoms with Gasteiger partial charge in [-0.05, 0) is 102 Å². The first kappa shape index (κ1) is 25.6. The monoisotopic (exact) mass is 552 g/mol. The number of aromatic nitrogens is 4. The van der Waals surface area contributed by atoms with Gasteiger partial charge >= 0.3 is 0 Å². The molecule has 2 N–H and O–H groups in total. The van der Waals surface area contributed by atoms with Gasteiger partial charge < -0.3 is 9.97 Å². The summed E-state index contributed by atoms with van der Waals surface area (Å²) in [6.07, 6.45) is 8.97.